The van der Waals surface area contributed by atoms with Crippen LogP contribution in [0.25, 0.3) is 0 Å². The maximum absolute atomic E-state index is 12.6. The lowest BCUT2D eigenvalue weighted by Gasteiger charge is -2.22. The summed E-state index contributed by atoms with van der Waals surface area (Å²) >= 11 is 6.23. The van der Waals surface area contributed by atoms with E-state index >= 15 is 0 Å². The van der Waals surface area contributed by atoms with E-state index in [-0.39, 0.29) is 19.1 Å². The quantitative estimate of drug-likeness (QED) is 0.921. The average Bonchev–Trinajstić information content (AvgIpc) is 2.50. The molecule has 21 heavy (non-hydrogen) atoms. The molecule has 0 heterocycles. The van der Waals surface area contributed by atoms with Gasteiger partial charge in [0.2, 0.25) is 0 Å². The Bertz CT molecular complexity index is 613. The highest BCUT2D eigenvalue weighted by Gasteiger charge is 2.19. The molecule has 1 N–H and O–H groups in total. The fourth-order valence-electron chi connectivity index (χ4n) is 2.16. The molecule has 1 amide bonds. The number of aryl methyl sites for hydroxylation is 1. The van der Waals surface area contributed by atoms with E-state index in [9.17, 15) is 9.90 Å². The largest absolute Gasteiger partial charge is 0.395 e. The Morgan fingerprint density at radius 2 is 1.86 bits per heavy atom. The van der Waals surface area contributed by atoms with Crippen LogP contribution in [0, 0.1) is 6.92 Å². The van der Waals surface area contributed by atoms with Gasteiger partial charge < -0.3 is 10.0 Å². The summed E-state index contributed by atoms with van der Waals surface area (Å²) < 4.78 is 0. The van der Waals surface area contributed by atoms with Crippen molar-refractivity contribution in [2.75, 3.05) is 13.2 Å². The molecule has 0 saturated heterocycles. The Morgan fingerprint density at radius 3 is 2.52 bits per heavy atom. The first kappa shape index (κ1) is 15.5. The number of aliphatic hydroxyl groups excluding tert-OH is 1. The topological polar surface area (TPSA) is 40.5 Å². The van der Waals surface area contributed by atoms with E-state index in [0.29, 0.717) is 17.1 Å². The third kappa shape index (κ3) is 3.84. The zero-order valence-corrected chi connectivity index (χ0v) is 12.7. The second-order valence-electron chi connectivity index (χ2n) is 4.87. The molecular formula is C17H18ClNO2. The van der Waals surface area contributed by atoms with Crippen LogP contribution in [0.2, 0.25) is 5.02 Å². The maximum Gasteiger partial charge on any atom is 0.255 e. The summed E-state index contributed by atoms with van der Waals surface area (Å²) in [6.07, 6.45) is 0. The van der Waals surface area contributed by atoms with Crippen LogP contribution < -0.4 is 0 Å². The van der Waals surface area contributed by atoms with Gasteiger partial charge in [-0.15, -0.1) is 0 Å². The van der Waals surface area contributed by atoms with Gasteiger partial charge in [-0.3, -0.25) is 4.79 Å². The third-order valence-corrected chi connectivity index (χ3v) is 3.80. The highest BCUT2D eigenvalue weighted by molar-refractivity contribution is 6.34. The number of amides is 1. The first-order chi connectivity index (χ1) is 10.1. The smallest absolute Gasteiger partial charge is 0.255 e. The fourth-order valence-corrected chi connectivity index (χ4v) is 2.37. The third-order valence-electron chi connectivity index (χ3n) is 3.30. The molecule has 2 rings (SSSR count). The predicted octanol–water partition coefficient (Wildman–Crippen LogP) is 3.28. The monoisotopic (exact) mass is 303 g/mol. The molecular weight excluding hydrogens is 286 g/mol. The molecule has 0 aliphatic rings. The number of nitrogens with zero attached hydrogens (tertiary/aromatic N) is 1. The summed E-state index contributed by atoms with van der Waals surface area (Å²) in [4.78, 5) is 14.2. The Morgan fingerprint density at radius 1 is 1.14 bits per heavy atom. The molecule has 2 aromatic carbocycles. The van der Waals surface area contributed by atoms with Crippen LogP contribution in [0.15, 0.2) is 48.5 Å². The van der Waals surface area contributed by atoms with Crippen molar-refractivity contribution in [2.24, 2.45) is 0 Å². The van der Waals surface area contributed by atoms with Crippen molar-refractivity contribution in [2.45, 2.75) is 13.5 Å². The number of benzene rings is 2. The van der Waals surface area contributed by atoms with Gasteiger partial charge in [0.25, 0.3) is 5.91 Å². The molecule has 0 aliphatic carbocycles. The molecule has 0 saturated carbocycles. The first-order valence-corrected chi connectivity index (χ1v) is 7.20. The zero-order valence-electron chi connectivity index (χ0n) is 11.9. The summed E-state index contributed by atoms with van der Waals surface area (Å²) in [5.41, 5.74) is 2.36. The Balaban J connectivity index is 2.25. The molecule has 3 nitrogen and oxygen atoms in total. The van der Waals surface area contributed by atoms with Gasteiger partial charge >= 0.3 is 0 Å². The van der Waals surface area contributed by atoms with Crippen molar-refractivity contribution in [3.05, 3.63) is 70.2 Å². The summed E-state index contributed by atoms with van der Waals surface area (Å²) in [5.74, 6) is -0.165. The van der Waals surface area contributed by atoms with Crippen LogP contribution in [0.4, 0.5) is 0 Å². The lowest BCUT2D eigenvalue weighted by molar-refractivity contribution is 0.0708. The molecule has 2 aromatic rings. The van der Waals surface area contributed by atoms with E-state index in [4.69, 9.17) is 11.6 Å². The van der Waals surface area contributed by atoms with Crippen molar-refractivity contribution in [1.82, 2.24) is 4.90 Å². The molecule has 0 radical (unpaired) electrons. The van der Waals surface area contributed by atoms with E-state index in [2.05, 4.69) is 0 Å². The minimum Gasteiger partial charge on any atom is -0.395 e. The number of carbonyl (C=O) groups excluding carboxylic acids is 1. The van der Waals surface area contributed by atoms with Gasteiger partial charge in [0, 0.05) is 13.1 Å². The van der Waals surface area contributed by atoms with E-state index in [1.165, 1.54) is 0 Å². The predicted molar refractivity (Wildman–Crippen MR) is 84.5 cm³/mol. The molecule has 0 aliphatic heterocycles. The van der Waals surface area contributed by atoms with Gasteiger partial charge in [0.1, 0.15) is 0 Å². The molecule has 0 aromatic heterocycles. The van der Waals surface area contributed by atoms with Gasteiger partial charge in [-0.25, -0.2) is 0 Å². The Labute approximate surface area is 129 Å². The number of hydrogen-bond donors (Lipinski definition) is 1. The van der Waals surface area contributed by atoms with E-state index in [0.717, 1.165) is 11.1 Å². The SMILES string of the molecule is Cc1cccc(C(=O)N(CCO)Cc2ccccc2)c1Cl. The number of rotatable bonds is 5. The Kier molecular flexibility index (Phi) is 5.37. The average molecular weight is 304 g/mol. The highest BCUT2D eigenvalue weighted by atomic mass is 35.5. The van der Waals surface area contributed by atoms with Crippen molar-refractivity contribution >= 4 is 17.5 Å². The minimum absolute atomic E-state index is 0.0813. The van der Waals surface area contributed by atoms with Crippen molar-refractivity contribution < 1.29 is 9.90 Å². The molecule has 0 bridgehead atoms. The second-order valence-corrected chi connectivity index (χ2v) is 5.25. The van der Waals surface area contributed by atoms with Gasteiger partial charge in [0.15, 0.2) is 0 Å². The van der Waals surface area contributed by atoms with E-state index in [1.807, 2.05) is 49.4 Å². The molecule has 110 valence electrons. The fraction of sp³-hybridized carbons (Fsp3) is 0.235. The number of aliphatic hydroxyl groups is 1. The second kappa shape index (κ2) is 7.25. The van der Waals surface area contributed by atoms with Gasteiger partial charge in [0.05, 0.1) is 17.2 Å². The van der Waals surface area contributed by atoms with Crippen LogP contribution in [-0.2, 0) is 6.54 Å². The summed E-state index contributed by atoms with van der Waals surface area (Å²) in [6.45, 7) is 2.51. The number of halogens is 1. The number of carbonyl (C=O) groups is 1. The van der Waals surface area contributed by atoms with Gasteiger partial charge in [-0.1, -0.05) is 54.1 Å². The normalized spacial score (nSPS) is 10.4. The zero-order chi connectivity index (χ0) is 15.2. The van der Waals surface area contributed by atoms with Crippen molar-refractivity contribution in [3.63, 3.8) is 0 Å². The highest BCUT2D eigenvalue weighted by Crippen LogP contribution is 2.22. The van der Waals surface area contributed by atoms with Crippen LogP contribution in [0.1, 0.15) is 21.5 Å². The van der Waals surface area contributed by atoms with Crippen LogP contribution >= 0.6 is 11.6 Å². The Hall–Kier alpha value is -1.84. The standard InChI is InChI=1S/C17H18ClNO2/c1-13-6-5-9-15(16(13)18)17(21)19(10-11-20)12-14-7-3-2-4-8-14/h2-9,20H,10-12H2,1H3. The van der Waals surface area contributed by atoms with E-state index in [1.54, 1.807) is 11.0 Å². The minimum atomic E-state index is -0.165. The molecule has 0 fully saturated rings. The first-order valence-electron chi connectivity index (χ1n) is 6.82. The van der Waals surface area contributed by atoms with Crippen LogP contribution in [0.5, 0.6) is 0 Å². The van der Waals surface area contributed by atoms with Crippen molar-refractivity contribution in [1.29, 1.82) is 0 Å². The van der Waals surface area contributed by atoms with Crippen molar-refractivity contribution in [3.8, 4) is 0 Å². The van der Waals surface area contributed by atoms with Crippen LogP contribution in [0.3, 0.4) is 0 Å². The molecule has 4 heteroatoms. The van der Waals surface area contributed by atoms with Gasteiger partial charge in [-0.2, -0.15) is 0 Å². The maximum atomic E-state index is 12.6. The summed E-state index contributed by atoms with van der Waals surface area (Å²) in [7, 11) is 0. The molecule has 0 unspecified atom stereocenters. The van der Waals surface area contributed by atoms with Gasteiger partial charge in [-0.05, 0) is 24.1 Å². The lowest BCUT2D eigenvalue weighted by atomic mass is 10.1. The number of hydrogen-bond acceptors (Lipinski definition) is 2. The van der Waals surface area contributed by atoms with Crippen LogP contribution in [-0.4, -0.2) is 29.1 Å². The molecule has 0 atom stereocenters. The molecule has 0 spiro atoms. The lowest BCUT2D eigenvalue weighted by Crippen LogP contribution is -2.33. The summed E-state index contributed by atoms with van der Waals surface area (Å²) in [6, 6.07) is 15.1. The summed E-state index contributed by atoms with van der Waals surface area (Å²) in [5, 5.41) is 9.68. The van der Waals surface area contributed by atoms with E-state index < -0.39 is 0 Å².